The molecule has 15 heavy (non-hydrogen) atoms. The number of carbonyl (C=O) groups is 1. The van der Waals surface area contributed by atoms with Gasteiger partial charge in [-0.1, -0.05) is 0 Å². The number of primary amides is 1. The van der Waals surface area contributed by atoms with Crippen LogP contribution in [0.2, 0.25) is 0 Å². The van der Waals surface area contributed by atoms with Crippen molar-refractivity contribution in [2.45, 2.75) is 6.18 Å². The van der Waals surface area contributed by atoms with E-state index in [2.05, 4.69) is 15.3 Å². The Hall–Kier alpha value is -1.99. The van der Waals surface area contributed by atoms with Crippen molar-refractivity contribution in [1.29, 1.82) is 0 Å². The molecule has 3 N–H and O–H groups in total. The maximum Gasteiger partial charge on any atom is 0.449 e. The Labute approximate surface area is 81.7 Å². The van der Waals surface area contributed by atoms with Crippen LogP contribution in [0, 0.1) is 0 Å². The monoisotopic (exact) mass is 221 g/mol. The van der Waals surface area contributed by atoms with Crippen molar-refractivity contribution in [3.63, 3.8) is 0 Å². The molecule has 0 aliphatic heterocycles. The van der Waals surface area contributed by atoms with Gasteiger partial charge in [0.05, 0.1) is 6.21 Å². The minimum absolute atomic E-state index is 0.143. The maximum absolute atomic E-state index is 12.0. The van der Waals surface area contributed by atoms with E-state index in [-0.39, 0.29) is 5.76 Å². The van der Waals surface area contributed by atoms with Crippen LogP contribution in [0.5, 0.6) is 0 Å². The summed E-state index contributed by atoms with van der Waals surface area (Å²) in [6.07, 6.45) is -3.64. The minimum Gasteiger partial charge on any atom is -0.450 e. The van der Waals surface area contributed by atoms with E-state index < -0.39 is 18.0 Å². The fraction of sp³-hybridized carbons (Fsp3) is 0.143. The first-order valence-corrected chi connectivity index (χ1v) is 3.65. The first-order valence-electron chi connectivity index (χ1n) is 3.65. The van der Waals surface area contributed by atoms with Gasteiger partial charge < -0.3 is 10.2 Å². The van der Waals surface area contributed by atoms with Crippen molar-refractivity contribution in [3.8, 4) is 0 Å². The highest BCUT2D eigenvalue weighted by atomic mass is 19.4. The van der Waals surface area contributed by atoms with Crippen LogP contribution < -0.4 is 11.2 Å². The number of hydrazone groups is 1. The first kappa shape index (κ1) is 11.1. The number of urea groups is 1. The molecule has 0 saturated heterocycles. The number of hydrogen-bond donors (Lipinski definition) is 2. The van der Waals surface area contributed by atoms with Crippen LogP contribution in [0.3, 0.4) is 0 Å². The van der Waals surface area contributed by atoms with Crippen molar-refractivity contribution < 1.29 is 22.4 Å². The van der Waals surface area contributed by atoms with Gasteiger partial charge in [-0.25, -0.2) is 10.2 Å². The molecule has 0 aliphatic rings. The maximum atomic E-state index is 12.0. The van der Waals surface area contributed by atoms with E-state index in [1.54, 1.807) is 0 Å². The highest BCUT2D eigenvalue weighted by Gasteiger charge is 2.34. The third-order valence-electron chi connectivity index (χ3n) is 1.27. The van der Waals surface area contributed by atoms with E-state index in [9.17, 15) is 18.0 Å². The second kappa shape index (κ2) is 4.03. The standard InChI is InChI=1S/C7H6F3N3O2/c8-7(9,10)5-2-1-4(15-5)3-12-13-6(11)14/h1-3H,(H3,11,13,14)/b12-3+. The van der Waals surface area contributed by atoms with Gasteiger partial charge in [-0.2, -0.15) is 18.3 Å². The Bertz CT molecular complexity index is 383. The minimum atomic E-state index is -4.54. The topological polar surface area (TPSA) is 80.6 Å². The summed E-state index contributed by atoms with van der Waals surface area (Å²) in [5.41, 5.74) is 6.47. The lowest BCUT2D eigenvalue weighted by molar-refractivity contribution is -0.153. The molecule has 1 aromatic rings. The SMILES string of the molecule is NC(=O)N/N=C/c1ccc(C(F)(F)F)o1. The molecule has 1 aromatic heterocycles. The molecule has 0 radical (unpaired) electrons. The third-order valence-corrected chi connectivity index (χ3v) is 1.27. The molecule has 0 aliphatic carbocycles. The number of amides is 2. The van der Waals surface area contributed by atoms with Gasteiger partial charge in [0, 0.05) is 0 Å². The summed E-state index contributed by atoms with van der Waals surface area (Å²) in [7, 11) is 0. The van der Waals surface area contributed by atoms with E-state index in [0.717, 1.165) is 18.3 Å². The average molecular weight is 221 g/mol. The van der Waals surface area contributed by atoms with Crippen LogP contribution in [0.25, 0.3) is 0 Å². The number of hydrogen-bond acceptors (Lipinski definition) is 3. The summed E-state index contributed by atoms with van der Waals surface area (Å²) < 4.78 is 40.4. The number of halogens is 3. The summed E-state index contributed by atoms with van der Waals surface area (Å²) in [5.74, 6) is -1.28. The van der Waals surface area contributed by atoms with Crippen LogP contribution in [0.1, 0.15) is 11.5 Å². The van der Waals surface area contributed by atoms with E-state index >= 15 is 0 Å². The van der Waals surface area contributed by atoms with Crippen LogP contribution in [-0.4, -0.2) is 12.2 Å². The summed E-state index contributed by atoms with van der Waals surface area (Å²) >= 11 is 0. The Morgan fingerprint density at radius 3 is 2.67 bits per heavy atom. The second-order valence-electron chi connectivity index (χ2n) is 2.43. The molecule has 82 valence electrons. The molecule has 8 heteroatoms. The lowest BCUT2D eigenvalue weighted by atomic mass is 10.4. The molecule has 0 bridgehead atoms. The fourth-order valence-corrected chi connectivity index (χ4v) is 0.734. The molecule has 0 atom stereocenters. The number of alkyl halides is 3. The van der Waals surface area contributed by atoms with Crippen molar-refractivity contribution in [1.82, 2.24) is 5.43 Å². The fourth-order valence-electron chi connectivity index (χ4n) is 0.734. The molecule has 5 nitrogen and oxygen atoms in total. The number of carbonyl (C=O) groups excluding carboxylic acids is 1. The second-order valence-corrected chi connectivity index (χ2v) is 2.43. The molecular weight excluding hydrogens is 215 g/mol. The summed E-state index contributed by atoms with van der Waals surface area (Å²) in [6.45, 7) is 0. The van der Waals surface area contributed by atoms with E-state index in [1.165, 1.54) is 0 Å². The number of nitrogens with two attached hydrogens (primary N) is 1. The zero-order valence-electron chi connectivity index (χ0n) is 7.21. The van der Waals surface area contributed by atoms with Crippen molar-refractivity contribution in [2.24, 2.45) is 10.8 Å². The number of nitrogens with zero attached hydrogens (tertiary/aromatic N) is 1. The predicted molar refractivity (Wildman–Crippen MR) is 44.0 cm³/mol. The van der Waals surface area contributed by atoms with E-state index in [4.69, 9.17) is 0 Å². The quantitative estimate of drug-likeness (QED) is 0.583. The van der Waals surface area contributed by atoms with Crippen LogP contribution in [0.4, 0.5) is 18.0 Å². The number of rotatable bonds is 2. The molecular formula is C7H6F3N3O2. The largest absolute Gasteiger partial charge is 0.450 e. The van der Waals surface area contributed by atoms with Crippen molar-refractivity contribution in [3.05, 3.63) is 23.7 Å². The van der Waals surface area contributed by atoms with Crippen molar-refractivity contribution in [2.75, 3.05) is 0 Å². The molecule has 2 amide bonds. The molecule has 0 saturated carbocycles. The van der Waals surface area contributed by atoms with Gasteiger partial charge in [0.2, 0.25) is 5.76 Å². The Morgan fingerprint density at radius 1 is 1.53 bits per heavy atom. The van der Waals surface area contributed by atoms with Crippen LogP contribution in [0.15, 0.2) is 21.7 Å². The lowest BCUT2D eigenvalue weighted by Crippen LogP contribution is -2.24. The van der Waals surface area contributed by atoms with E-state index in [1.807, 2.05) is 5.43 Å². The molecule has 1 rings (SSSR count). The van der Waals surface area contributed by atoms with Gasteiger partial charge in [-0.05, 0) is 12.1 Å². The molecule has 0 aromatic carbocycles. The third kappa shape index (κ3) is 3.33. The average Bonchev–Trinajstić information content (AvgIpc) is 2.51. The Morgan fingerprint density at radius 2 is 2.20 bits per heavy atom. The molecule has 1 heterocycles. The summed E-state index contributed by atoms with van der Waals surface area (Å²) in [6, 6.07) is 0.898. The Kier molecular flexibility index (Phi) is 2.98. The van der Waals surface area contributed by atoms with Gasteiger partial charge >= 0.3 is 12.2 Å². The van der Waals surface area contributed by atoms with Crippen LogP contribution in [-0.2, 0) is 6.18 Å². The normalized spacial score (nSPS) is 11.9. The Balaban J connectivity index is 2.69. The zero-order valence-corrected chi connectivity index (χ0v) is 7.21. The summed E-state index contributed by atoms with van der Waals surface area (Å²) in [5, 5.41) is 3.23. The van der Waals surface area contributed by atoms with Gasteiger partial charge in [0.15, 0.2) is 0 Å². The predicted octanol–water partition coefficient (Wildman–Crippen LogP) is 1.30. The number of furan rings is 1. The first-order chi connectivity index (χ1) is 6.89. The van der Waals surface area contributed by atoms with Gasteiger partial charge in [0.25, 0.3) is 0 Å². The van der Waals surface area contributed by atoms with Crippen molar-refractivity contribution >= 4 is 12.2 Å². The zero-order chi connectivity index (χ0) is 11.5. The molecule has 0 spiro atoms. The number of nitrogens with one attached hydrogen (secondary N) is 1. The van der Waals surface area contributed by atoms with Gasteiger partial charge in [-0.15, -0.1) is 0 Å². The highest BCUT2D eigenvalue weighted by molar-refractivity contribution is 5.78. The smallest absolute Gasteiger partial charge is 0.449 e. The van der Waals surface area contributed by atoms with Crippen LogP contribution >= 0.6 is 0 Å². The van der Waals surface area contributed by atoms with Gasteiger partial charge in [0.1, 0.15) is 5.76 Å². The molecule has 0 unspecified atom stereocenters. The lowest BCUT2D eigenvalue weighted by Gasteiger charge is -1.99. The highest BCUT2D eigenvalue weighted by Crippen LogP contribution is 2.30. The summed E-state index contributed by atoms with van der Waals surface area (Å²) in [4.78, 5) is 10.1. The molecule has 0 fully saturated rings. The van der Waals surface area contributed by atoms with Gasteiger partial charge in [-0.3, -0.25) is 0 Å². The van der Waals surface area contributed by atoms with E-state index in [0.29, 0.717) is 0 Å².